The zero-order valence-corrected chi connectivity index (χ0v) is 17.3. The third-order valence-corrected chi connectivity index (χ3v) is 5.13. The zero-order valence-electron chi connectivity index (χ0n) is 16.5. The average Bonchev–Trinajstić information content (AvgIpc) is 3.33. The summed E-state index contributed by atoms with van der Waals surface area (Å²) in [5.74, 6) is -1.35. The number of carbonyl (C=O) groups excluding carboxylic acids is 2. The van der Waals surface area contributed by atoms with E-state index >= 15 is 0 Å². The quantitative estimate of drug-likeness (QED) is 0.810. The Morgan fingerprint density at radius 3 is 2.48 bits per heavy atom. The van der Waals surface area contributed by atoms with E-state index in [1.54, 1.807) is 44.5 Å². The molecule has 1 aromatic carbocycles. The third kappa shape index (κ3) is 4.73. The standard InChI is InChI=1S/C20H23N3O5S/c1-20(2,3)28-19(27)22-11-4-5-15(22)16(24)23(18-21-10-12-29-18)14-8-6-13(7-9-14)17(25)26/h6-10,12,15H,4-5,11H2,1-3H3,(H,25,26). The number of thiazole rings is 1. The molecule has 0 aliphatic carbocycles. The highest BCUT2D eigenvalue weighted by molar-refractivity contribution is 7.13. The van der Waals surface area contributed by atoms with Crippen molar-refractivity contribution in [3.8, 4) is 0 Å². The summed E-state index contributed by atoms with van der Waals surface area (Å²) in [5.41, 5.74) is -0.0444. The number of hydrogen-bond donors (Lipinski definition) is 1. The molecule has 9 heteroatoms. The van der Waals surface area contributed by atoms with Gasteiger partial charge in [-0.05, 0) is 57.9 Å². The molecule has 154 valence electrons. The van der Waals surface area contributed by atoms with Gasteiger partial charge in [0.25, 0.3) is 5.91 Å². The number of carbonyl (C=O) groups is 3. The van der Waals surface area contributed by atoms with Crippen LogP contribution < -0.4 is 4.90 Å². The molecule has 1 fully saturated rings. The summed E-state index contributed by atoms with van der Waals surface area (Å²) in [6.45, 7) is 5.78. The fraction of sp³-hybridized carbons (Fsp3) is 0.400. The van der Waals surface area contributed by atoms with Crippen molar-refractivity contribution < 1.29 is 24.2 Å². The van der Waals surface area contributed by atoms with Gasteiger partial charge in [0.2, 0.25) is 0 Å². The van der Waals surface area contributed by atoms with Crippen LogP contribution in [-0.4, -0.2) is 51.1 Å². The van der Waals surface area contributed by atoms with Crippen LogP contribution in [0.3, 0.4) is 0 Å². The molecule has 3 rings (SSSR count). The highest BCUT2D eigenvalue weighted by atomic mass is 32.1. The Balaban J connectivity index is 1.91. The van der Waals surface area contributed by atoms with E-state index in [0.29, 0.717) is 30.2 Å². The highest BCUT2D eigenvalue weighted by Gasteiger charge is 2.40. The second-order valence-corrected chi connectivity index (χ2v) is 8.55. The summed E-state index contributed by atoms with van der Waals surface area (Å²) < 4.78 is 5.46. The molecular formula is C20H23N3O5S. The van der Waals surface area contributed by atoms with E-state index in [1.807, 2.05) is 0 Å². The van der Waals surface area contributed by atoms with Crippen molar-refractivity contribution >= 4 is 40.1 Å². The first-order valence-corrected chi connectivity index (χ1v) is 10.1. The van der Waals surface area contributed by atoms with Crippen LogP contribution in [0.2, 0.25) is 0 Å². The molecule has 1 aromatic heterocycles. The lowest BCUT2D eigenvalue weighted by molar-refractivity contribution is -0.122. The van der Waals surface area contributed by atoms with Crippen LogP contribution in [0, 0.1) is 0 Å². The number of amides is 2. The molecule has 1 aliphatic heterocycles. The minimum atomic E-state index is -1.05. The maximum Gasteiger partial charge on any atom is 0.410 e. The predicted octanol–water partition coefficient (Wildman–Crippen LogP) is 3.91. The number of aromatic carboxylic acids is 1. The summed E-state index contributed by atoms with van der Waals surface area (Å²) in [6, 6.07) is 5.33. The van der Waals surface area contributed by atoms with Crippen LogP contribution in [0.1, 0.15) is 44.0 Å². The molecule has 0 spiro atoms. The maximum atomic E-state index is 13.5. The molecule has 2 aromatic rings. The molecule has 2 heterocycles. The van der Waals surface area contributed by atoms with E-state index in [2.05, 4.69) is 4.98 Å². The van der Waals surface area contributed by atoms with Crippen molar-refractivity contribution in [3.05, 3.63) is 41.4 Å². The number of rotatable bonds is 4. The minimum Gasteiger partial charge on any atom is -0.478 e. The molecule has 1 aliphatic rings. The first-order chi connectivity index (χ1) is 13.7. The Hall–Kier alpha value is -2.94. The Morgan fingerprint density at radius 1 is 1.24 bits per heavy atom. The van der Waals surface area contributed by atoms with Gasteiger partial charge in [-0.1, -0.05) is 0 Å². The molecule has 1 atom stereocenters. The summed E-state index contributed by atoms with van der Waals surface area (Å²) in [4.78, 5) is 44.3. The van der Waals surface area contributed by atoms with E-state index in [9.17, 15) is 14.4 Å². The number of carboxylic acid groups (broad SMARTS) is 1. The van der Waals surface area contributed by atoms with Gasteiger partial charge >= 0.3 is 12.1 Å². The number of nitrogens with zero attached hydrogens (tertiary/aromatic N) is 3. The van der Waals surface area contributed by atoms with Gasteiger partial charge in [0.05, 0.1) is 11.3 Å². The van der Waals surface area contributed by atoms with Gasteiger partial charge in [-0.2, -0.15) is 0 Å². The summed E-state index contributed by atoms with van der Waals surface area (Å²) in [5, 5.41) is 11.3. The minimum absolute atomic E-state index is 0.122. The number of ether oxygens (including phenoxy) is 1. The predicted molar refractivity (Wildman–Crippen MR) is 109 cm³/mol. The van der Waals surface area contributed by atoms with Gasteiger partial charge in [0, 0.05) is 18.1 Å². The molecule has 2 amide bonds. The smallest absolute Gasteiger partial charge is 0.410 e. The number of hydrogen-bond acceptors (Lipinski definition) is 6. The molecule has 1 unspecified atom stereocenters. The van der Waals surface area contributed by atoms with Crippen molar-refractivity contribution in [2.45, 2.75) is 45.3 Å². The van der Waals surface area contributed by atoms with Gasteiger partial charge in [-0.15, -0.1) is 11.3 Å². The average molecular weight is 417 g/mol. The first kappa shape index (κ1) is 20.8. The number of benzene rings is 1. The molecule has 0 radical (unpaired) electrons. The monoisotopic (exact) mass is 417 g/mol. The van der Waals surface area contributed by atoms with Crippen molar-refractivity contribution in [2.24, 2.45) is 0 Å². The van der Waals surface area contributed by atoms with Crippen molar-refractivity contribution in [1.29, 1.82) is 0 Å². The van der Waals surface area contributed by atoms with Crippen molar-refractivity contribution in [2.75, 3.05) is 11.4 Å². The van der Waals surface area contributed by atoms with Crippen LogP contribution in [-0.2, 0) is 9.53 Å². The summed E-state index contributed by atoms with van der Waals surface area (Å²) in [6.07, 6.45) is 2.28. The van der Waals surface area contributed by atoms with Gasteiger partial charge in [0.15, 0.2) is 5.13 Å². The largest absolute Gasteiger partial charge is 0.478 e. The Kier molecular flexibility index (Phi) is 5.88. The normalized spacial score (nSPS) is 16.5. The van der Waals surface area contributed by atoms with Gasteiger partial charge in [0.1, 0.15) is 11.6 Å². The second-order valence-electron chi connectivity index (χ2n) is 7.67. The third-order valence-electron chi connectivity index (χ3n) is 4.37. The molecule has 29 heavy (non-hydrogen) atoms. The molecule has 1 saturated heterocycles. The molecule has 1 N–H and O–H groups in total. The first-order valence-electron chi connectivity index (χ1n) is 9.24. The van der Waals surface area contributed by atoms with E-state index < -0.39 is 23.7 Å². The summed E-state index contributed by atoms with van der Waals surface area (Å²) >= 11 is 1.29. The number of aromatic nitrogens is 1. The Bertz CT molecular complexity index is 890. The van der Waals surface area contributed by atoms with Crippen LogP contribution in [0.15, 0.2) is 35.8 Å². The van der Waals surface area contributed by atoms with Gasteiger partial charge < -0.3 is 9.84 Å². The van der Waals surface area contributed by atoms with Crippen LogP contribution in [0.4, 0.5) is 15.6 Å². The van der Waals surface area contributed by atoms with E-state index in [0.717, 1.165) is 0 Å². The van der Waals surface area contributed by atoms with Crippen LogP contribution >= 0.6 is 11.3 Å². The van der Waals surface area contributed by atoms with E-state index in [1.165, 1.54) is 33.3 Å². The summed E-state index contributed by atoms with van der Waals surface area (Å²) in [7, 11) is 0. The fourth-order valence-electron chi connectivity index (χ4n) is 3.12. The van der Waals surface area contributed by atoms with Crippen molar-refractivity contribution in [1.82, 2.24) is 9.88 Å². The fourth-order valence-corrected chi connectivity index (χ4v) is 3.79. The van der Waals surface area contributed by atoms with E-state index in [4.69, 9.17) is 9.84 Å². The van der Waals surface area contributed by atoms with Crippen LogP contribution in [0.25, 0.3) is 0 Å². The molecule has 8 nitrogen and oxygen atoms in total. The van der Waals surface area contributed by atoms with Crippen molar-refractivity contribution in [3.63, 3.8) is 0 Å². The number of anilines is 2. The van der Waals surface area contributed by atoms with Gasteiger partial charge in [-0.3, -0.25) is 14.6 Å². The molecular weight excluding hydrogens is 394 g/mol. The van der Waals surface area contributed by atoms with E-state index in [-0.39, 0.29) is 11.5 Å². The lowest BCUT2D eigenvalue weighted by Gasteiger charge is -2.30. The lowest BCUT2D eigenvalue weighted by Crippen LogP contribution is -2.48. The lowest BCUT2D eigenvalue weighted by atomic mass is 10.1. The Labute approximate surface area is 172 Å². The number of likely N-dealkylation sites (tertiary alicyclic amines) is 1. The highest BCUT2D eigenvalue weighted by Crippen LogP contribution is 2.32. The molecule has 0 saturated carbocycles. The Morgan fingerprint density at radius 2 is 1.93 bits per heavy atom. The van der Waals surface area contributed by atoms with Gasteiger partial charge in [-0.25, -0.2) is 14.6 Å². The zero-order chi connectivity index (χ0) is 21.2. The molecule has 0 bridgehead atoms. The maximum absolute atomic E-state index is 13.5. The SMILES string of the molecule is CC(C)(C)OC(=O)N1CCCC1C(=O)N(c1ccc(C(=O)O)cc1)c1nccs1. The second kappa shape index (κ2) is 8.20. The van der Waals surface area contributed by atoms with Crippen LogP contribution in [0.5, 0.6) is 0 Å². The topological polar surface area (TPSA) is 100 Å². The number of carboxylic acids is 1.